The van der Waals surface area contributed by atoms with Gasteiger partial charge in [-0.2, -0.15) is 5.10 Å². The quantitative estimate of drug-likeness (QED) is 0.393. The van der Waals surface area contributed by atoms with Gasteiger partial charge < -0.3 is 15.3 Å². The molecule has 4 N–H and O–H groups in total. The molecule has 0 fully saturated rings. The Bertz CT molecular complexity index is 711. The lowest BCUT2D eigenvalue weighted by atomic mass is 10.1. The van der Waals surface area contributed by atoms with Crippen LogP contribution >= 0.6 is 0 Å². The van der Waals surface area contributed by atoms with Gasteiger partial charge in [0.1, 0.15) is 5.75 Å². The SMILES string of the molecule is Cc1ccc(O)c(C=NNC(=O)c2ccc(O)c(O)c2)c1. The first-order valence-electron chi connectivity index (χ1n) is 6.12. The number of hydrazone groups is 1. The van der Waals surface area contributed by atoms with Crippen molar-refractivity contribution in [1.29, 1.82) is 0 Å². The number of amides is 1. The zero-order valence-electron chi connectivity index (χ0n) is 11.2. The second-order valence-electron chi connectivity index (χ2n) is 4.46. The molecule has 0 aromatic heterocycles. The van der Waals surface area contributed by atoms with E-state index in [2.05, 4.69) is 10.5 Å². The summed E-state index contributed by atoms with van der Waals surface area (Å²) in [6.45, 7) is 1.87. The van der Waals surface area contributed by atoms with Crippen molar-refractivity contribution in [3.05, 3.63) is 53.1 Å². The number of benzene rings is 2. The highest BCUT2D eigenvalue weighted by Crippen LogP contribution is 2.24. The molecule has 0 bridgehead atoms. The summed E-state index contributed by atoms with van der Waals surface area (Å²) in [4.78, 5) is 11.8. The van der Waals surface area contributed by atoms with Crippen LogP contribution in [-0.2, 0) is 0 Å². The average molecular weight is 286 g/mol. The Labute approximate surface area is 121 Å². The summed E-state index contributed by atoms with van der Waals surface area (Å²) >= 11 is 0. The number of aromatic hydroxyl groups is 3. The summed E-state index contributed by atoms with van der Waals surface area (Å²) in [6, 6.07) is 8.70. The van der Waals surface area contributed by atoms with Crippen molar-refractivity contribution in [2.24, 2.45) is 5.10 Å². The molecule has 0 saturated carbocycles. The minimum absolute atomic E-state index is 0.0564. The van der Waals surface area contributed by atoms with E-state index in [9.17, 15) is 15.0 Å². The van der Waals surface area contributed by atoms with E-state index in [4.69, 9.17) is 5.11 Å². The number of phenolic OH excluding ortho intramolecular Hbond substituents is 3. The van der Waals surface area contributed by atoms with E-state index in [1.54, 1.807) is 12.1 Å². The molecule has 0 heterocycles. The molecule has 2 aromatic carbocycles. The van der Waals surface area contributed by atoms with Crippen molar-refractivity contribution >= 4 is 12.1 Å². The molecule has 0 atom stereocenters. The molecule has 0 radical (unpaired) electrons. The first-order chi connectivity index (χ1) is 9.97. The van der Waals surface area contributed by atoms with Gasteiger partial charge in [-0.15, -0.1) is 0 Å². The molecule has 6 heteroatoms. The number of carbonyl (C=O) groups excluding carboxylic acids is 1. The summed E-state index contributed by atoms with van der Waals surface area (Å²) in [5.41, 5.74) is 3.84. The second kappa shape index (κ2) is 5.96. The highest BCUT2D eigenvalue weighted by molar-refractivity contribution is 5.95. The van der Waals surface area contributed by atoms with Gasteiger partial charge in [-0.1, -0.05) is 11.6 Å². The van der Waals surface area contributed by atoms with Crippen LogP contribution in [0.1, 0.15) is 21.5 Å². The molecule has 2 aromatic rings. The molecule has 6 nitrogen and oxygen atoms in total. The first-order valence-corrected chi connectivity index (χ1v) is 6.12. The van der Waals surface area contributed by atoms with Crippen LogP contribution in [-0.4, -0.2) is 27.4 Å². The van der Waals surface area contributed by atoms with Gasteiger partial charge >= 0.3 is 0 Å². The number of aryl methyl sites for hydroxylation is 1. The molecule has 0 aliphatic carbocycles. The number of nitrogens with zero attached hydrogens (tertiary/aromatic N) is 1. The standard InChI is InChI=1S/C15H14N2O4/c1-9-2-4-12(18)11(6-9)8-16-17-15(21)10-3-5-13(19)14(20)7-10/h2-8,18-20H,1H3,(H,17,21). The van der Waals surface area contributed by atoms with Crippen LogP contribution in [0.2, 0.25) is 0 Å². The highest BCUT2D eigenvalue weighted by Gasteiger charge is 2.07. The maximum atomic E-state index is 11.8. The topological polar surface area (TPSA) is 102 Å². The lowest BCUT2D eigenvalue weighted by Crippen LogP contribution is -2.17. The van der Waals surface area contributed by atoms with Gasteiger partial charge in [0.05, 0.1) is 6.21 Å². The van der Waals surface area contributed by atoms with E-state index in [-0.39, 0.29) is 22.8 Å². The van der Waals surface area contributed by atoms with Gasteiger partial charge in [-0.25, -0.2) is 5.43 Å². The van der Waals surface area contributed by atoms with Crippen molar-refractivity contribution in [2.45, 2.75) is 6.92 Å². The predicted octanol–water partition coefficient (Wildman–Crippen LogP) is 1.88. The maximum absolute atomic E-state index is 11.8. The Morgan fingerprint density at radius 2 is 1.76 bits per heavy atom. The largest absolute Gasteiger partial charge is 0.507 e. The van der Waals surface area contributed by atoms with Crippen molar-refractivity contribution < 1.29 is 20.1 Å². The molecular weight excluding hydrogens is 272 g/mol. The zero-order valence-corrected chi connectivity index (χ0v) is 11.2. The van der Waals surface area contributed by atoms with E-state index in [0.29, 0.717) is 5.56 Å². The van der Waals surface area contributed by atoms with E-state index < -0.39 is 5.91 Å². The third-order valence-corrected chi connectivity index (χ3v) is 2.79. The van der Waals surface area contributed by atoms with Crippen LogP contribution in [0.3, 0.4) is 0 Å². The van der Waals surface area contributed by atoms with Gasteiger partial charge in [0.15, 0.2) is 11.5 Å². The monoisotopic (exact) mass is 286 g/mol. The van der Waals surface area contributed by atoms with Crippen molar-refractivity contribution in [3.8, 4) is 17.2 Å². The zero-order chi connectivity index (χ0) is 15.4. The Kier molecular flexibility index (Phi) is 4.08. The van der Waals surface area contributed by atoms with Gasteiger partial charge in [0, 0.05) is 11.1 Å². The Hall–Kier alpha value is -3.02. The molecule has 0 aliphatic rings. The molecule has 21 heavy (non-hydrogen) atoms. The Balaban J connectivity index is 2.08. The molecule has 0 unspecified atom stereocenters. The third kappa shape index (κ3) is 3.50. The van der Waals surface area contributed by atoms with Gasteiger partial charge in [0.2, 0.25) is 0 Å². The van der Waals surface area contributed by atoms with Crippen LogP contribution in [0.4, 0.5) is 0 Å². The number of phenols is 3. The lowest BCUT2D eigenvalue weighted by molar-refractivity contribution is 0.0954. The Morgan fingerprint density at radius 1 is 1.05 bits per heavy atom. The second-order valence-corrected chi connectivity index (χ2v) is 4.46. The smallest absolute Gasteiger partial charge is 0.271 e. The van der Waals surface area contributed by atoms with Crippen LogP contribution < -0.4 is 5.43 Å². The van der Waals surface area contributed by atoms with Crippen molar-refractivity contribution in [2.75, 3.05) is 0 Å². The molecule has 0 spiro atoms. The van der Waals surface area contributed by atoms with Crippen molar-refractivity contribution in [1.82, 2.24) is 5.43 Å². The van der Waals surface area contributed by atoms with E-state index >= 15 is 0 Å². The van der Waals surface area contributed by atoms with Gasteiger partial charge in [0.25, 0.3) is 5.91 Å². The number of hydrogen-bond donors (Lipinski definition) is 4. The summed E-state index contributed by atoms with van der Waals surface area (Å²) in [7, 11) is 0. The molecule has 1 amide bonds. The number of hydrogen-bond acceptors (Lipinski definition) is 5. The lowest BCUT2D eigenvalue weighted by Gasteiger charge is -2.03. The van der Waals surface area contributed by atoms with Crippen molar-refractivity contribution in [3.63, 3.8) is 0 Å². The summed E-state index contributed by atoms with van der Waals surface area (Å²) in [6.07, 6.45) is 1.32. The van der Waals surface area contributed by atoms with E-state index in [0.717, 1.165) is 11.6 Å². The molecule has 0 saturated heterocycles. The van der Waals surface area contributed by atoms with Crippen LogP contribution in [0, 0.1) is 6.92 Å². The number of rotatable bonds is 3. The number of carbonyl (C=O) groups is 1. The molecule has 2 rings (SSSR count). The molecular formula is C15H14N2O4. The summed E-state index contributed by atoms with van der Waals surface area (Å²) in [5, 5.41) is 31.8. The van der Waals surface area contributed by atoms with Crippen LogP contribution in [0.5, 0.6) is 17.2 Å². The van der Waals surface area contributed by atoms with Gasteiger partial charge in [-0.05, 0) is 37.3 Å². The third-order valence-electron chi connectivity index (χ3n) is 2.79. The summed E-state index contributed by atoms with van der Waals surface area (Å²) in [5.74, 6) is -1.18. The van der Waals surface area contributed by atoms with Crippen LogP contribution in [0.15, 0.2) is 41.5 Å². The maximum Gasteiger partial charge on any atom is 0.271 e. The fourth-order valence-corrected chi connectivity index (χ4v) is 1.67. The Morgan fingerprint density at radius 3 is 2.48 bits per heavy atom. The average Bonchev–Trinajstić information content (AvgIpc) is 2.45. The predicted molar refractivity (Wildman–Crippen MR) is 77.7 cm³/mol. The van der Waals surface area contributed by atoms with Gasteiger partial charge in [-0.3, -0.25) is 4.79 Å². The molecule has 108 valence electrons. The van der Waals surface area contributed by atoms with E-state index in [1.807, 2.05) is 6.92 Å². The fourth-order valence-electron chi connectivity index (χ4n) is 1.67. The summed E-state index contributed by atoms with van der Waals surface area (Å²) < 4.78 is 0. The highest BCUT2D eigenvalue weighted by atomic mass is 16.3. The minimum atomic E-state index is -0.548. The van der Waals surface area contributed by atoms with Crippen LogP contribution in [0.25, 0.3) is 0 Å². The fraction of sp³-hybridized carbons (Fsp3) is 0.0667. The number of nitrogens with one attached hydrogen (secondary N) is 1. The molecule has 0 aliphatic heterocycles. The minimum Gasteiger partial charge on any atom is -0.507 e. The van der Waals surface area contributed by atoms with E-state index in [1.165, 1.54) is 24.4 Å². The first kappa shape index (κ1) is 14.4. The normalized spacial score (nSPS) is 10.7.